The van der Waals surface area contributed by atoms with E-state index < -0.39 is 11.6 Å². The summed E-state index contributed by atoms with van der Waals surface area (Å²) in [5, 5.41) is 11.8. The molecule has 1 amide bonds. The van der Waals surface area contributed by atoms with Crippen LogP contribution in [0.5, 0.6) is 0 Å². The Labute approximate surface area is 101 Å². The van der Waals surface area contributed by atoms with E-state index in [1.165, 1.54) is 0 Å². The Bertz CT molecular complexity index is 319. The number of amides is 1. The van der Waals surface area contributed by atoms with Crippen molar-refractivity contribution in [3.05, 3.63) is 0 Å². The normalized spacial score (nSPS) is 30.6. The molecule has 2 atom stereocenters. The number of carbonyl (C=O) groups is 2. The van der Waals surface area contributed by atoms with E-state index >= 15 is 0 Å². The fourth-order valence-corrected chi connectivity index (χ4v) is 2.68. The Morgan fingerprint density at radius 3 is 2.47 bits per heavy atom. The topological polar surface area (TPSA) is 75.6 Å². The molecule has 0 radical (unpaired) electrons. The van der Waals surface area contributed by atoms with Crippen LogP contribution in [0, 0.1) is 5.92 Å². The Morgan fingerprint density at radius 2 is 2.06 bits per heavy atom. The van der Waals surface area contributed by atoms with Gasteiger partial charge in [-0.25, -0.2) is 0 Å². The molecule has 0 bridgehead atoms. The zero-order valence-corrected chi connectivity index (χ0v) is 10.1. The van der Waals surface area contributed by atoms with Crippen molar-refractivity contribution in [1.29, 1.82) is 0 Å². The van der Waals surface area contributed by atoms with Gasteiger partial charge < -0.3 is 15.2 Å². The molecule has 2 fully saturated rings. The van der Waals surface area contributed by atoms with E-state index in [1.54, 1.807) is 7.11 Å². The maximum Gasteiger partial charge on any atom is 0.306 e. The molecule has 2 aliphatic carbocycles. The standard InChI is InChI=1S/C12H19NO4/c1-17-12(5-2-6-12)11(16)13-9-4-3-8(7-9)10(14)15/h8-9H,2-7H2,1H3,(H,13,16)(H,14,15)/t8-,9+/m1/s1. The third kappa shape index (κ3) is 2.29. The fraction of sp³-hybridized carbons (Fsp3) is 0.833. The first-order valence-corrected chi connectivity index (χ1v) is 6.16. The van der Waals surface area contributed by atoms with Gasteiger partial charge in [-0.1, -0.05) is 0 Å². The van der Waals surface area contributed by atoms with Gasteiger partial charge in [-0.05, 0) is 38.5 Å². The van der Waals surface area contributed by atoms with Crippen LogP contribution in [-0.2, 0) is 14.3 Å². The van der Waals surface area contributed by atoms with Crippen LogP contribution in [0.1, 0.15) is 38.5 Å². The van der Waals surface area contributed by atoms with Crippen LogP contribution in [0.25, 0.3) is 0 Å². The molecule has 5 nitrogen and oxygen atoms in total. The molecule has 2 aliphatic rings. The van der Waals surface area contributed by atoms with E-state index in [9.17, 15) is 9.59 Å². The number of carboxylic acid groups (broad SMARTS) is 1. The quantitative estimate of drug-likeness (QED) is 0.767. The highest BCUT2D eigenvalue weighted by Gasteiger charge is 2.45. The van der Waals surface area contributed by atoms with Gasteiger partial charge in [-0.15, -0.1) is 0 Å². The van der Waals surface area contributed by atoms with E-state index in [1.807, 2.05) is 0 Å². The first-order valence-electron chi connectivity index (χ1n) is 6.16. The van der Waals surface area contributed by atoms with Crippen molar-refractivity contribution in [2.45, 2.75) is 50.2 Å². The van der Waals surface area contributed by atoms with Gasteiger partial charge in [-0.3, -0.25) is 9.59 Å². The number of aliphatic carboxylic acids is 1. The van der Waals surface area contributed by atoms with Crippen molar-refractivity contribution in [2.24, 2.45) is 5.92 Å². The molecule has 0 unspecified atom stereocenters. The van der Waals surface area contributed by atoms with Crippen LogP contribution < -0.4 is 5.32 Å². The zero-order chi connectivity index (χ0) is 12.5. The second-order valence-corrected chi connectivity index (χ2v) is 5.07. The number of rotatable bonds is 4. The molecular formula is C12H19NO4. The molecule has 0 aromatic rings. The van der Waals surface area contributed by atoms with E-state index in [0.29, 0.717) is 12.8 Å². The molecular weight excluding hydrogens is 222 g/mol. The van der Waals surface area contributed by atoms with Gasteiger partial charge in [0.05, 0.1) is 5.92 Å². The predicted octanol–water partition coefficient (Wildman–Crippen LogP) is 0.925. The van der Waals surface area contributed by atoms with Crippen molar-refractivity contribution >= 4 is 11.9 Å². The second-order valence-electron chi connectivity index (χ2n) is 5.07. The number of carbonyl (C=O) groups excluding carboxylic acids is 1. The molecule has 0 aromatic carbocycles. The molecule has 0 aliphatic heterocycles. The van der Waals surface area contributed by atoms with Crippen LogP contribution in [0.15, 0.2) is 0 Å². The molecule has 2 rings (SSSR count). The number of methoxy groups -OCH3 is 1. The van der Waals surface area contributed by atoms with Crippen LogP contribution in [-0.4, -0.2) is 35.7 Å². The lowest BCUT2D eigenvalue weighted by Crippen LogP contribution is -2.55. The molecule has 0 aromatic heterocycles. The van der Waals surface area contributed by atoms with Crippen LogP contribution >= 0.6 is 0 Å². The summed E-state index contributed by atoms with van der Waals surface area (Å²) in [4.78, 5) is 22.8. The van der Waals surface area contributed by atoms with Crippen molar-refractivity contribution in [1.82, 2.24) is 5.32 Å². The minimum atomic E-state index is -0.758. The largest absolute Gasteiger partial charge is 0.481 e. The first-order chi connectivity index (χ1) is 8.07. The highest BCUT2D eigenvalue weighted by Crippen LogP contribution is 2.36. The number of carboxylic acids is 1. The highest BCUT2D eigenvalue weighted by molar-refractivity contribution is 5.86. The number of hydrogen-bond donors (Lipinski definition) is 2. The van der Waals surface area contributed by atoms with E-state index in [-0.39, 0.29) is 17.9 Å². The van der Waals surface area contributed by atoms with Crippen molar-refractivity contribution < 1.29 is 19.4 Å². The molecule has 2 N–H and O–H groups in total. The zero-order valence-electron chi connectivity index (χ0n) is 10.1. The SMILES string of the molecule is COC1(C(=O)N[C@H]2CC[C@@H](C(=O)O)C2)CCC1. The lowest BCUT2D eigenvalue weighted by Gasteiger charge is -2.39. The van der Waals surface area contributed by atoms with Gasteiger partial charge in [0, 0.05) is 13.2 Å². The molecule has 0 spiro atoms. The first kappa shape index (κ1) is 12.4. The Balaban J connectivity index is 1.86. The monoisotopic (exact) mass is 241 g/mol. The molecule has 96 valence electrons. The van der Waals surface area contributed by atoms with Crippen molar-refractivity contribution in [3.63, 3.8) is 0 Å². The average Bonchev–Trinajstić information content (AvgIpc) is 2.65. The minimum Gasteiger partial charge on any atom is -0.481 e. The summed E-state index contributed by atoms with van der Waals surface area (Å²) < 4.78 is 5.29. The average molecular weight is 241 g/mol. The Morgan fingerprint density at radius 1 is 1.35 bits per heavy atom. The van der Waals surface area contributed by atoms with Crippen LogP contribution in [0.4, 0.5) is 0 Å². The Kier molecular flexibility index (Phi) is 3.38. The summed E-state index contributed by atoms with van der Waals surface area (Å²) in [7, 11) is 1.56. The Hall–Kier alpha value is -1.10. The van der Waals surface area contributed by atoms with Gasteiger partial charge in [0.1, 0.15) is 5.60 Å². The molecule has 0 saturated heterocycles. The maximum atomic E-state index is 12.0. The van der Waals surface area contributed by atoms with Gasteiger partial charge >= 0.3 is 5.97 Å². The van der Waals surface area contributed by atoms with Gasteiger partial charge in [-0.2, -0.15) is 0 Å². The van der Waals surface area contributed by atoms with Gasteiger partial charge in [0.25, 0.3) is 5.91 Å². The number of ether oxygens (including phenoxy) is 1. The van der Waals surface area contributed by atoms with Crippen molar-refractivity contribution in [2.75, 3.05) is 7.11 Å². The summed E-state index contributed by atoms with van der Waals surface area (Å²) in [6, 6.07) is -0.00350. The van der Waals surface area contributed by atoms with Crippen LogP contribution in [0.3, 0.4) is 0 Å². The van der Waals surface area contributed by atoms with Gasteiger partial charge in [0.15, 0.2) is 0 Å². The van der Waals surface area contributed by atoms with E-state index in [4.69, 9.17) is 9.84 Å². The smallest absolute Gasteiger partial charge is 0.306 e. The number of hydrogen-bond acceptors (Lipinski definition) is 3. The third-order valence-electron chi connectivity index (χ3n) is 4.08. The summed E-state index contributed by atoms with van der Waals surface area (Å²) in [6.07, 6.45) is 4.50. The molecule has 17 heavy (non-hydrogen) atoms. The molecule has 2 saturated carbocycles. The van der Waals surface area contributed by atoms with Gasteiger partial charge in [0.2, 0.25) is 0 Å². The lowest BCUT2D eigenvalue weighted by atomic mass is 9.79. The highest BCUT2D eigenvalue weighted by atomic mass is 16.5. The van der Waals surface area contributed by atoms with E-state index in [2.05, 4.69) is 5.32 Å². The van der Waals surface area contributed by atoms with E-state index in [0.717, 1.165) is 25.7 Å². The van der Waals surface area contributed by atoms with Crippen LogP contribution in [0.2, 0.25) is 0 Å². The summed E-state index contributed by atoms with van der Waals surface area (Å²) in [5.41, 5.74) is -0.638. The number of nitrogens with one attached hydrogen (secondary N) is 1. The fourth-order valence-electron chi connectivity index (χ4n) is 2.68. The second kappa shape index (κ2) is 4.64. The predicted molar refractivity (Wildman–Crippen MR) is 60.5 cm³/mol. The third-order valence-corrected chi connectivity index (χ3v) is 4.08. The minimum absolute atomic E-state index is 0.00350. The maximum absolute atomic E-state index is 12.0. The molecule has 5 heteroatoms. The lowest BCUT2D eigenvalue weighted by molar-refractivity contribution is -0.155. The van der Waals surface area contributed by atoms with Crippen molar-refractivity contribution in [3.8, 4) is 0 Å². The molecule has 0 heterocycles. The summed E-state index contributed by atoms with van der Waals surface area (Å²) >= 11 is 0. The summed E-state index contributed by atoms with van der Waals surface area (Å²) in [6.45, 7) is 0. The summed E-state index contributed by atoms with van der Waals surface area (Å²) in [5.74, 6) is -1.13.